The van der Waals surface area contributed by atoms with Gasteiger partial charge in [0.25, 0.3) is 0 Å². The highest BCUT2D eigenvalue weighted by Gasteiger charge is 2.18. The van der Waals surface area contributed by atoms with E-state index in [2.05, 4.69) is 16.3 Å². The lowest BCUT2D eigenvalue weighted by Crippen LogP contribution is -2.07. The van der Waals surface area contributed by atoms with Crippen LogP contribution in [0.25, 0.3) is 0 Å². The van der Waals surface area contributed by atoms with Gasteiger partial charge in [0.15, 0.2) is 0 Å². The zero-order valence-electron chi connectivity index (χ0n) is 8.15. The van der Waals surface area contributed by atoms with E-state index >= 15 is 0 Å². The number of hydrogen-bond donors (Lipinski definition) is 1. The first kappa shape index (κ1) is 9.93. The summed E-state index contributed by atoms with van der Waals surface area (Å²) >= 11 is 1.22. The lowest BCUT2D eigenvalue weighted by atomic mass is 9.85. The summed E-state index contributed by atoms with van der Waals surface area (Å²) in [7, 11) is 0. The molecule has 14 heavy (non-hydrogen) atoms. The summed E-state index contributed by atoms with van der Waals surface area (Å²) in [5, 5.41) is 14.4. The molecule has 2 rings (SSSR count). The lowest BCUT2D eigenvalue weighted by molar-refractivity contribution is 0.436. The minimum atomic E-state index is 0.658. The molecule has 1 fully saturated rings. The van der Waals surface area contributed by atoms with E-state index in [1.54, 1.807) is 6.20 Å². The maximum absolute atomic E-state index is 5.57. The molecule has 0 radical (unpaired) electrons. The fraction of sp³-hybridized carbons (Fsp3) is 0.600. The quantitative estimate of drug-likeness (QED) is 0.760. The maximum Gasteiger partial charge on any atom is 0.137 e. The zero-order chi connectivity index (χ0) is 9.80. The second-order valence-electron chi connectivity index (χ2n) is 3.74. The number of aromatic nitrogens is 2. The molecule has 1 saturated carbocycles. The van der Waals surface area contributed by atoms with E-state index in [9.17, 15) is 0 Å². The molecule has 3 nitrogen and oxygen atoms in total. The second-order valence-corrected chi connectivity index (χ2v) is 4.37. The molecule has 4 heteroatoms. The molecular weight excluding hydrogens is 194 g/mol. The Hall–Kier alpha value is -0.610. The van der Waals surface area contributed by atoms with Crippen LogP contribution in [0.4, 0.5) is 0 Å². The van der Waals surface area contributed by atoms with Crippen molar-refractivity contribution in [3.8, 4) is 0 Å². The van der Waals surface area contributed by atoms with Gasteiger partial charge < -0.3 is 0 Å². The minimum Gasteiger partial charge on any atom is -0.272 e. The van der Waals surface area contributed by atoms with Crippen molar-refractivity contribution in [2.24, 2.45) is 5.14 Å². The highest BCUT2D eigenvalue weighted by molar-refractivity contribution is 7.97. The summed E-state index contributed by atoms with van der Waals surface area (Å²) in [6, 6.07) is 2.07. The Bertz CT molecular complexity index is 297. The van der Waals surface area contributed by atoms with E-state index in [0.717, 1.165) is 5.03 Å². The summed E-state index contributed by atoms with van der Waals surface area (Å²) in [5.41, 5.74) is 1.30. The molecule has 0 spiro atoms. The molecule has 1 aromatic rings. The van der Waals surface area contributed by atoms with Crippen molar-refractivity contribution >= 4 is 11.9 Å². The molecule has 2 N–H and O–H groups in total. The van der Waals surface area contributed by atoms with Crippen LogP contribution in [-0.2, 0) is 0 Å². The molecule has 0 unspecified atom stereocenters. The van der Waals surface area contributed by atoms with Gasteiger partial charge in [-0.15, -0.1) is 5.10 Å². The number of rotatable bonds is 2. The fourth-order valence-corrected chi connectivity index (χ4v) is 2.61. The molecule has 1 aromatic heterocycles. The Kier molecular flexibility index (Phi) is 3.37. The van der Waals surface area contributed by atoms with Crippen LogP contribution in [-0.4, -0.2) is 10.2 Å². The van der Waals surface area contributed by atoms with Gasteiger partial charge in [0.05, 0.1) is 0 Å². The van der Waals surface area contributed by atoms with Gasteiger partial charge in [0, 0.05) is 6.20 Å². The van der Waals surface area contributed by atoms with Gasteiger partial charge in [-0.2, -0.15) is 5.10 Å². The molecule has 1 heterocycles. The summed E-state index contributed by atoms with van der Waals surface area (Å²) in [4.78, 5) is 0. The molecule has 1 aliphatic carbocycles. The predicted molar refractivity (Wildman–Crippen MR) is 57.9 cm³/mol. The molecule has 0 aliphatic heterocycles. The number of nitrogens with two attached hydrogens (primary N) is 1. The van der Waals surface area contributed by atoms with E-state index in [1.165, 1.54) is 49.6 Å². The van der Waals surface area contributed by atoms with Crippen LogP contribution in [0.15, 0.2) is 17.3 Å². The fourth-order valence-electron chi connectivity index (χ4n) is 2.14. The van der Waals surface area contributed by atoms with Crippen LogP contribution in [0.3, 0.4) is 0 Å². The number of nitrogens with zero attached hydrogens (tertiary/aromatic N) is 2. The number of hydrogen-bond acceptors (Lipinski definition) is 4. The monoisotopic (exact) mass is 209 g/mol. The second kappa shape index (κ2) is 4.75. The van der Waals surface area contributed by atoms with Gasteiger partial charge in [-0.1, -0.05) is 19.3 Å². The summed E-state index contributed by atoms with van der Waals surface area (Å²) < 4.78 is 0. The van der Waals surface area contributed by atoms with Gasteiger partial charge in [-0.05, 0) is 42.3 Å². The minimum absolute atomic E-state index is 0.658. The lowest BCUT2D eigenvalue weighted by Gasteiger charge is -2.22. The summed E-state index contributed by atoms with van der Waals surface area (Å²) in [6.45, 7) is 0. The Morgan fingerprint density at radius 2 is 2.07 bits per heavy atom. The van der Waals surface area contributed by atoms with Crippen molar-refractivity contribution in [3.05, 3.63) is 17.8 Å². The van der Waals surface area contributed by atoms with E-state index in [4.69, 9.17) is 5.14 Å². The smallest absolute Gasteiger partial charge is 0.137 e. The van der Waals surface area contributed by atoms with Crippen LogP contribution in [0.2, 0.25) is 0 Å². The molecule has 0 amide bonds. The van der Waals surface area contributed by atoms with Gasteiger partial charge in [-0.25, -0.2) is 0 Å². The van der Waals surface area contributed by atoms with Crippen LogP contribution in [0.5, 0.6) is 0 Å². The Morgan fingerprint density at radius 3 is 2.79 bits per heavy atom. The van der Waals surface area contributed by atoms with Crippen molar-refractivity contribution in [2.45, 2.75) is 43.0 Å². The summed E-state index contributed by atoms with van der Waals surface area (Å²) in [5.74, 6) is 0.658. The van der Waals surface area contributed by atoms with Crippen molar-refractivity contribution in [2.75, 3.05) is 0 Å². The van der Waals surface area contributed by atoms with Crippen LogP contribution in [0, 0.1) is 0 Å². The SMILES string of the molecule is NSc1nnccc1C1CCCCC1. The molecule has 76 valence electrons. The molecule has 0 bridgehead atoms. The first-order valence-electron chi connectivity index (χ1n) is 5.10. The average molecular weight is 209 g/mol. The average Bonchev–Trinajstić information content (AvgIpc) is 2.30. The van der Waals surface area contributed by atoms with Crippen LogP contribution >= 0.6 is 11.9 Å². The largest absolute Gasteiger partial charge is 0.272 e. The third kappa shape index (κ3) is 2.07. The van der Waals surface area contributed by atoms with E-state index in [0.29, 0.717) is 5.92 Å². The first-order valence-corrected chi connectivity index (χ1v) is 5.98. The van der Waals surface area contributed by atoms with Crippen molar-refractivity contribution in [1.82, 2.24) is 10.2 Å². The third-order valence-electron chi connectivity index (χ3n) is 2.87. The highest BCUT2D eigenvalue weighted by Crippen LogP contribution is 2.35. The summed E-state index contributed by atoms with van der Waals surface area (Å²) in [6.07, 6.45) is 8.37. The molecule has 0 atom stereocenters. The molecule has 1 aliphatic rings. The normalized spacial score (nSPS) is 18.4. The topological polar surface area (TPSA) is 51.8 Å². The van der Waals surface area contributed by atoms with Crippen molar-refractivity contribution in [3.63, 3.8) is 0 Å². The van der Waals surface area contributed by atoms with Gasteiger partial charge in [0.2, 0.25) is 0 Å². The molecule has 0 saturated heterocycles. The van der Waals surface area contributed by atoms with Gasteiger partial charge >= 0.3 is 0 Å². The van der Waals surface area contributed by atoms with E-state index in [-0.39, 0.29) is 0 Å². The first-order chi connectivity index (χ1) is 6.92. The Balaban J connectivity index is 2.20. The Labute approximate surface area is 88.6 Å². The van der Waals surface area contributed by atoms with Gasteiger partial charge in [-0.3, -0.25) is 5.14 Å². The molecule has 0 aromatic carbocycles. The van der Waals surface area contributed by atoms with E-state index in [1.807, 2.05) is 0 Å². The highest BCUT2D eigenvalue weighted by atomic mass is 32.2. The van der Waals surface area contributed by atoms with Crippen molar-refractivity contribution in [1.29, 1.82) is 0 Å². The third-order valence-corrected chi connectivity index (χ3v) is 3.41. The van der Waals surface area contributed by atoms with Crippen LogP contribution < -0.4 is 5.14 Å². The molecular formula is C10H15N3S. The zero-order valence-corrected chi connectivity index (χ0v) is 8.96. The Morgan fingerprint density at radius 1 is 1.29 bits per heavy atom. The van der Waals surface area contributed by atoms with E-state index < -0.39 is 0 Å². The van der Waals surface area contributed by atoms with Gasteiger partial charge in [0.1, 0.15) is 5.03 Å². The maximum atomic E-state index is 5.57. The van der Waals surface area contributed by atoms with Crippen molar-refractivity contribution < 1.29 is 0 Å². The standard InChI is InChI=1S/C10H15N3S/c11-14-10-9(6-7-12-13-10)8-4-2-1-3-5-8/h6-8H,1-5,11H2. The van der Waals surface area contributed by atoms with Crippen LogP contribution in [0.1, 0.15) is 43.6 Å². The predicted octanol–water partition coefficient (Wildman–Crippen LogP) is 2.49.